The molecule has 0 aliphatic carbocycles. The third-order valence-corrected chi connectivity index (χ3v) is 4.89. The Balaban J connectivity index is 0.00000129. The SMILES string of the molecule is CC.CC.CC.COc1c(C)cc(OC)c2c(C)c3ccc(C(C)(C)C)cc3cc12. The Bertz CT molecular complexity index is 931. The van der Waals surface area contributed by atoms with Crippen LogP contribution in [0.25, 0.3) is 21.5 Å². The topological polar surface area (TPSA) is 18.5 Å². The zero-order valence-corrected chi connectivity index (χ0v) is 21.7. The molecule has 0 bridgehead atoms. The summed E-state index contributed by atoms with van der Waals surface area (Å²) >= 11 is 0. The second-order valence-corrected chi connectivity index (χ2v) is 7.54. The monoisotopic (exact) mass is 412 g/mol. The predicted octanol–water partition coefficient (Wildman–Crippen LogP) is 9.00. The average molecular weight is 413 g/mol. The van der Waals surface area contributed by atoms with Crippen LogP contribution in [0.3, 0.4) is 0 Å². The molecular weight excluding hydrogens is 368 g/mol. The smallest absolute Gasteiger partial charge is 0.129 e. The number of hydrogen-bond donors (Lipinski definition) is 0. The summed E-state index contributed by atoms with van der Waals surface area (Å²) in [5.74, 6) is 1.83. The number of aryl methyl sites for hydroxylation is 2. The lowest BCUT2D eigenvalue weighted by Crippen LogP contribution is -2.10. The zero-order valence-electron chi connectivity index (χ0n) is 21.7. The minimum absolute atomic E-state index is 0.130. The summed E-state index contributed by atoms with van der Waals surface area (Å²) < 4.78 is 11.4. The minimum Gasteiger partial charge on any atom is -0.496 e. The maximum atomic E-state index is 5.70. The van der Waals surface area contributed by atoms with Crippen molar-refractivity contribution >= 4 is 21.5 Å². The van der Waals surface area contributed by atoms with Crippen LogP contribution in [0, 0.1) is 13.8 Å². The summed E-state index contributed by atoms with van der Waals surface area (Å²) in [7, 11) is 3.46. The first-order valence-corrected chi connectivity index (χ1v) is 11.4. The van der Waals surface area contributed by atoms with E-state index in [1.54, 1.807) is 14.2 Å². The summed E-state index contributed by atoms with van der Waals surface area (Å²) in [6.07, 6.45) is 0. The molecule has 0 aromatic heterocycles. The highest BCUT2D eigenvalue weighted by atomic mass is 16.5. The number of ether oxygens (including phenoxy) is 2. The first-order valence-electron chi connectivity index (χ1n) is 11.4. The largest absolute Gasteiger partial charge is 0.496 e. The van der Waals surface area contributed by atoms with Gasteiger partial charge in [0.15, 0.2) is 0 Å². The van der Waals surface area contributed by atoms with Crippen molar-refractivity contribution < 1.29 is 9.47 Å². The van der Waals surface area contributed by atoms with Crippen molar-refractivity contribution in [2.75, 3.05) is 14.2 Å². The van der Waals surface area contributed by atoms with Crippen LogP contribution in [0.4, 0.5) is 0 Å². The Morgan fingerprint density at radius 3 is 1.73 bits per heavy atom. The highest BCUT2D eigenvalue weighted by molar-refractivity contribution is 6.07. The van der Waals surface area contributed by atoms with Gasteiger partial charge >= 0.3 is 0 Å². The molecular formula is C28H44O2. The van der Waals surface area contributed by atoms with Gasteiger partial charge in [-0.1, -0.05) is 80.5 Å². The first-order chi connectivity index (χ1) is 14.3. The summed E-state index contributed by atoms with van der Waals surface area (Å²) in [4.78, 5) is 0. The second-order valence-electron chi connectivity index (χ2n) is 7.54. The fourth-order valence-electron chi connectivity index (χ4n) is 3.53. The third-order valence-electron chi connectivity index (χ3n) is 4.89. The molecule has 2 heteroatoms. The molecule has 0 fully saturated rings. The second kappa shape index (κ2) is 12.5. The quantitative estimate of drug-likeness (QED) is 0.391. The van der Waals surface area contributed by atoms with Crippen molar-refractivity contribution in [2.45, 2.75) is 81.6 Å². The van der Waals surface area contributed by atoms with E-state index < -0.39 is 0 Å². The van der Waals surface area contributed by atoms with E-state index in [2.05, 4.69) is 65.0 Å². The van der Waals surface area contributed by atoms with E-state index in [-0.39, 0.29) is 5.41 Å². The normalized spacial score (nSPS) is 10.2. The van der Waals surface area contributed by atoms with E-state index >= 15 is 0 Å². The van der Waals surface area contributed by atoms with E-state index in [0.29, 0.717) is 0 Å². The number of methoxy groups -OCH3 is 2. The van der Waals surface area contributed by atoms with Crippen LogP contribution in [0.1, 0.15) is 79.0 Å². The third kappa shape index (κ3) is 5.68. The Morgan fingerprint density at radius 2 is 1.27 bits per heavy atom. The molecule has 0 N–H and O–H groups in total. The van der Waals surface area contributed by atoms with Gasteiger partial charge in [-0.05, 0) is 58.9 Å². The van der Waals surface area contributed by atoms with E-state index in [0.717, 1.165) is 27.8 Å². The van der Waals surface area contributed by atoms with Gasteiger partial charge in [-0.15, -0.1) is 0 Å². The Morgan fingerprint density at radius 1 is 0.700 bits per heavy atom. The van der Waals surface area contributed by atoms with Gasteiger partial charge in [0.1, 0.15) is 11.5 Å². The van der Waals surface area contributed by atoms with Crippen LogP contribution in [0.2, 0.25) is 0 Å². The standard InChI is InChI=1S/C22H26O2.3C2H6/c1-13-10-19(23-6)20-14(2)17-9-8-16(22(3,4)5)11-15(17)12-18(20)21(13)24-7;3*1-2/h8-12H,1-7H3;3*1-2H3. The molecule has 168 valence electrons. The molecule has 3 aromatic carbocycles. The Kier molecular flexibility index (Phi) is 11.5. The van der Waals surface area contributed by atoms with E-state index in [1.165, 1.54) is 21.9 Å². The van der Waals surface area contributed by atoms with Crippen molar-refractivity contribution in [1.29, 1.82) is 0 Å². The highest BCUT2D eigenvalue weighted by Gasteiger charge is 2.18. The van der Waals surface area contributed by atoms with Crippen LogP contribution < -0.4 is 9.47 Å². The van der Waals surface area contributed by atoms with E-state index in [1.807, 2.05) is 41.5 Å². The number of fused-ring (bicyclic) bond motifs is 2. The van der Waals surface area contributed by atoms with Crippen LogP contribution in [0.15, 0.2) is 30.3 Å². The maximum absolute atomic E-state index is 5.70. The van der Waals surface area contributed by atoms with Gasteiger partial charge in [0, 0.05) is 10.8 Å². The van der Waals surface area contributed by atoms with E-state index in [9.17, 15) is 0 Å². The Hall–Kier alpha value is -2.22. The molecule has 0 saturated carbocycles. The number of hydrogen-bond acceptors (Lipinski definition) is 2. The maximum Gasteiger partial charge on any atom is 0.129 e. The molecule has 2 nitrogen and oxygen atoms in total. The van der Waals surface area contributed by atoms with Crippen LogP contribution >= 0.6 is 0 Å². The Labute approximate surface area is 185 Å². The molecule has 0 aliphatic heterocycles. The highest BCUT2D eigenvalue weighted by Crippen LogP contribution is 2.41. The van der Waals surface area contributed by atoms with E-state index in [4.69, 9.17) is 9.47 Å². The molecule has 0 heterocycles. The van der Waals surface area contributed by atoms with Gasteiger partial charge in [0.2, 0.25) is 0 Å². The molecule has 0 spiro atoms. The lowest BCUT2D eigenvalue weighted by molar-refractivity contribution is 0.408. The van der Waals surface area contributed by atoms with Gasteiger partial charge in [-0.25, -0.2) is 0 Å². The summed E-state index contributed by atoms with van der Waals surface area (Å²) in [5, 5.41) is 4.76. The molecule has 3 rings (SSSR count). The lowest BCUT2D eigenvalue weighted by atomic mass is 9.84. The van der Waals surface area contributed by atoms with Gasteiger partial charge in [-0.3, -0.25) is 0 Å². The fraction of sp³-hybridized carbons (Fsp3) is 0.500. The molecule has 0 atom stereocenters. The van der Waals surface area contributed by atoms with Crippen molar-refractivity contribution in [1.82, 2.24) is 0 Å². The minimum atomic E-state index is 0.130. The van der Waals surface area contributed by atoms with Crippen molar-refractivity contribution in [3.63, 3.8) is 0 Å². The van der Waals surface area contributed by atoms with Crippen molar-refractivity contribution in [3.05, 3.63) is 47.0 Å². The molecule has 30 heavy (non-hydrogen) atoms. The average Bonchev–Trinajstić information content (AvgIpc) is 2.76. The first kappa shape index (κ1) is 27.8. The van der Waals surface area contributed by atoms with Crippen LogP contribution in [-0.4, -0.2) is 14.2 Å². The fourth-order valence-corrected chi connectivity index (χ4v) is 3.53. The summed E-state index contributed by atoms with van der Waals surface area (Å²) in [6, 6.07) is 11.1. The zero-order chi connectivity index (χ0) is 23.6. The molecule has 0 unspecified atom stereocenters. The van der Waals surface area contributed by atoms with Crippen LogP contribution in [-0.2, 0) is 5.41 Å². The van der Waals surface area contributed by atoms with Gasteiger partial charge in [0.05, 0.1) is 14.2 Å². The molecule has 0 amide bonds. The molecule has 0 radical (unpaired) electrons. The van der Waals surface area contributed by atoms with Gasteiger partial charge in [0.25, 0.3) is 0 Å². The lowest BCUT2D eigenvalue weighted by Gasteiger charge is -2.21. The summed E-state index contributed by atoms with van der Waals surface area (Å²) in [6.45, 7) is 23.0. The molecule has 3 aromatic rings. The van der Waals surface area contributed by atoms with Crippen LogP contribution in [0.5, 0.6) is 11.5 Å². The van der Waals surface area contributed by atoms with Crippen molar-refractivity contribution in [3.8, 4) is 11.5 Å². The van der Waals surface area contributed by atoms with Gasteiger partial charge < -0.3 is 9.47 Å². The predicted molar refractivity (Wildman–Crippen MR) is 137 cm³/mol. The van der Waals surface area contributed by atoms with Crippen molar-refractivity contribution in [2.24, 2.45) is 0 Å². The summed E-state index contributed by atoms with van der Waals surface area (Å²) in [5.41, 5.74) is 3.80. The molecule has 0 saturated heterocycles. The molecule has 0 aliphatic rings. The van der Waals surface area contributed by atoms with Gasteiger partial charge in [-0.2, -0.15) is 0 Å². The number of benzene rings is 3. The number of rotatable bonds is 2.